The van der Waals surface area contributed by atoms with E-state index in [9.17, 15) is 22.8 Å². The average molecular weight is 377 g/mol. The van der Waals surface area contributed by atoms with Crippen molar-refractivity contribution in [1.29, 1.82) is 0 Å². The van der Waals surface area contributed by atoms with E-state index in [0.717, 1.165) is 12.1 Å². The number of benzene rings is 1. The molecule has 0 spiro atoms. The summed E-state index contributed by atoms with van der Waals surface area (Å²) in [6.45, 7) is 3.14. The number of nitrogens with one attached hydrogen (secondary N) is 3. The number of amides is 2. The summed E-state index contributed by atoms with van der Waals surface area (Å²) in [4.78, 5) is 24.6. The molecule has 1 unspecified atom stereocenters. The zero-order valence-electron chi connectivity index (χ0n) is 14.7. The second-order valence-corrected chi connectivity index (χ2v) is 6.46. The third-order valence-electron chi connectivity index (χ3n) is 4.63. The molecule has 2 heterocycles. The Balaban J connectivity index is 1.73. The monoisotopic (exact) mass is 377 g/mol. The van der Waals surface area contributed by atoms with E-state index in [1.807, 2.05) is 0 Å². The lowest BCUT2D eigenvalue weighted by Crippen LogP contribution is -2.45. The van der Waals surface area contributed by atoms with Crippen molar-refractivity contribution < 1.29 is 22.8 Å². The second kappa shape index (κ2) is 7.46. The van der Waals surface area contributed by atoms with Crippen molar-refractivity contribution in [2.75, 3.05) is 0 Å². The molecule has 1 aromatic carbocycles. The molecule has 2 aliphatic heterocycles. The summed E-state index contributed by atoms with van der Waals surface area (Å²) < 4.78 is 40.9. The minimum Gasteiger partial charge on any atom is -0.355 e. The van der Waals surface area contributed by atoms with Crippen LogP contribution in [-0.4, -0.2) is 11.8 Å². The molecular formula is C19H18F3N3O2. The molecule has 0 saturated heterocycles. The molecule has 0 fully saturated rings. The van der Waals surface area contributed by atoms with Gasteiger partial charge in [0.25, 0.3) is 0 Å². The second-order valence-electron chi connectivity index (χ2n) is 6.46. The van der Waals surface area contributed by atoms with Crippen LogP contribution in [0.25, 0.3) is 0 Å². The lowest BCUT2D eigenvalue weighted by molar-refractivity contribution is -0.124. The summed E-state index contributed by atoms with van der Waals surface area (Å²) in [6, 6.07) is 2.76. The summed E-state index contributed by atoms with van der Waals surface area (Å²) in [5, 5.41) is 7.62. The van der Waals surface area contributed by atoms with Crippen molar-refractivity contribution in [1.82, 2.24) is 16.0 Å². The van der Waals surface area contributed by atoms with E-state index in [0.29, 0.717) is 11.6 Å². The Kier molecular flexibility index (Phi) is 5.25. The van der Waals surface area contributed by atoms with Crippen LogP contribution in [0.15, 0.2) is 41.6 Å². The van der Waals surface area contributed by atoms with Gasteiger partial charge in [-0.1, -0.05) is 11.6 Å². The Morgan fingerprint density at radius 2 is 2.04 bits per heavy atom. The van der Waals surface area contributed by atoms with Crippen molar-refractivity contribution in [3.8, 4) is 0 Å². The van der Waals surface area contributed by atoms with Crippen LogP contribution < -0.4 is 16.0 Å². The van der Waals surface area contributed by atoms with Crippen LogP contribution in [-0.2, 0) is 9.59 Å². The smallest absolute Gasteiger partial charge is 0.248 e. The number of carbonyl (C=O) groups is 2. The maximum Gasteiger partial charge on any atom is 0.248 e. The van der Waals surface area contributed by atoms with E-state index in [1.54, 1.807) is 19.9 Å². The topological polar surface area (TPSA) is 70.2 Å². The first kappa shape index (κ1) is 19.0. The first-order valence-electron chi connectivity index (χ1n) is 8.35. The molecule has 0 aliphatic carbocycles. The Hall–Kier alpha value is -2.77. The molecule has 0 saturated carbocycles. The molecule has 5 nitrogen and oxygen atoms in total. The first-order chi connectivity index (χ1) is 12.8. The molecule has 3 rings (SSSR count). The summed E-state index contributed by atoms with van der Waals surface area (Å²) >= 11 is 0. The number of carbonyl (C=O) groups excluding carboxylic acids is 2. The summed E-state index contributed by atoms with van der Waals surface area (Å²) in [5.41, 5.74) is 0.708. The van der Waals surface area contributed by atoms with Crippen molar-refractivity contribution >= 4 is 11.8 Å². The molecule has 1 aromatic rings. The molecular weight excluding hydrogens is 359 g/mol. The van der Waals surface area contributed by atoms with Gasteiger partial charge in [-0.2, -0.15) is 0 Å². The van der Waals surface area contributed by atoms with E-state index < -0.39 is 41.7 Å². The molecule has 0 bridgehead atoms. The predicted molar refractivity (Wildman–Crippen MR) is 91.7 cm³/mol. The zero-order valence-corrected chi connectivity index (χ0v) is 14.7. The Bertz CT molecular complexity index is 837. The number of halogens is 3. The minimum atomic E-state index is -0.774. The minimum absolute atomic E-state index is 0.125. The number of hydrogen-bond donors (Lipinski definition) is 3. The van der Waals surface area contributed by atoms with Crippen LogP contribution in [0.5, 0.6) is 0 Å². The fourth-order valence-corrected chi connectivity index (χ4v) is 3.23. The van der Waals surface area contributed by atoms with Crippen LogP contribution >= 0.6 is 0 Å². The average Bonchev–Trinajstić information content (AvgIpc) is 2.58. The van der Waals surface area contributed by atoms with Crippen LogP contribution in [0.1, 0.15) is 31.9 Å². The quantitative estimate of drug-likeness (QED) is 0.707. The molecule has 2 aliphatic rings. The third-order valence-corrected chi connectivity index (χ3v) is 4.63. The zero-order chi connectivity index (χ0) is 19.7. The lowest BCUT2D eigenvalue weighted by atomic mass is 9.82. The molecule has 142 valence electrons. The molecule has 2 amide bonds. The van der Waals surface area contributed by atoms with Gasteiger partial charge in [-0.05, 0) is 32.2 Å². The molecule has 2 atom stereocenters. The normalized spacial score (nSPS) is 21.4. The van der Waals surface area contributed by atoms with Crippen molar-refractivity contribution in [3.05, 3.63) is 71.2 Å². The Morgan fingerprint density at radius 3 is 2.74 bits per heavy atom. The summed E-state index contributed by atoms with van der Waals surface area (Å²) in [6.07, 6.45) is 2.12. The van der Waals surface area contributed by atoms with Gasteiger partial charge < -0.3 is 16.0 Å². The van der Waals surface area contributed by atoms with E-state index in [4.69, 9.17) is 0 Å². The van der Waals surface area contributed by atoms with Crippen molar-refractivity contribution in [2.24, 2.45) is 5.92 Å². The molecule has 0 aromatic heterocycles. The van der Waals surface area contributed by atoms with Gasteiger partial charge in [0.2, 0.25) is 18.1 Å². The largest absolute Gasteiger partial charge is 0.355 e. The van der Waals surface area contributed by atoms with Gasteiger partial charge >= 0.3 is 0 Å². The number of fused-ring (bicyclic) bond motifs is 1. The molecule has 27 heavy (non-hydrogen) atoms. The van der Waals surface area contributed by atoms with Gasteiger partial charge in [0.1, 0.15) is 11.6 Å². The van der Waals surface area contributed by atoms with Gasteiger partial charge in [0.15, 0.2) is 0 Å². The van der Waals surface area contributed by atoms with Gasteiger partial charge in [0, 0.05) is 17.2 Å². The summed E-state index contributed by atoms with van der Waals surface area (Å²) in [5.74, 6) is -3.25. The van der Waals surface area contributed by atoms with Crippen LogP contribution in [0.2, 0.25) is 0 Å². The third kappa shape index (κ3) is 3.84. The highest BCUT2D eigenvalue weighted by atomic mass is 19.1. The van der Waals surface area contributed by atoms with Gasteiger partial charge in [-0.25, -0.2) is 13.2 Å². The predicted octanol–water partition coefficient (Wildman–Crippen LogP) is 2.70. The highest BCUT2D eigenvalue weighted by molar-refractivity contribution is 6.01. The highest BCUT2D eigenvalue weighted by Crippen LogP contribution is 2.38. The van der Waals surface area contributed by atoms with E-state index in [-0.39, 0.29) is 17.6 Å². The summed E-state index contributed by atoms with van der Waals surface area (Å²) in [7, 11) is 0. The molecule has 2 radical (unpaired) electrons. The standard InChI is InChI=1S/C19H18F3N3O2/c1-9-13(19(27)25-15-5-6-23-18(22)17(9)15)8-16(26)24-10(2)12-4-3-11(20)7-14(12)21/h3-7,10,17,23H,8H2,1-2H3,(H,24,26)(H,25,27)/t10-,17?/m0/s1. The van der Waals surface area contributed by atoms with Gasteiger partial charge in [0.05, 0.1) is 24.4 Å². The van der Waals surface area contributed by atoms with Crippen LogP contribution in [0.4, 0.5) is 13.2 Å². The van der Waals surface area contributed by atoms with Crippen molar-refractivity contribution in [2.45, 2.75) is 26.3 Å². The fourth-order valence-electron chi connectivity index (χ4n) is 3.23. The van der Waals surface area contributed by atoms with Gasteiger partial charge in [-0.3, -0.25) is 9.59 Å². The van der Waals surface area contributed by atoms with Crippen molar-refractivity contribution in [3.63, 3.8) is 0 Å². The van der Waals surface area contributed by atoms with Crippen LogP contribution in [0, 0.1) is 29.9 Å². The lowest BCUT2D eigenvalue weighted by Gasteiger charge is -2.35. The van der Waals surface area contributed by atoms with E-state index in [2.05, 4.69) is 16.0 Å². The maximum absolute atomic E-state index is 14.1. The number of hydrogen-bond acceptors (Lipinski definition) is 3. The maximum atomic E-state index is 14.1. The highest BCUT2D eigenvalue weighted by Gasteiger charge is 2.41. The van der Waals surface area contributed by atoms with Gasteiger partial charge in [-0.15, -0.1) is 0 Å². The molecule has 3 N–H and O–H groups in total. The Morgan fingerprint density at radius 1 is 1.30 bits per heavy atom. The number of rotatable bonds is 4. The van der Waals surface area contributed by atoms with E-state index in [1.165, 1.54) is 12.3 Å². The molecule has 8 heteroatoms. The first-order valence-corrected chi connectivity index (χ1v) is 8.35. The Labute approximate surface area is 154 Å². The van der Waals surface area contributed by atoms with E-state index >= 15 is 0 Å². The SMILES string of the molecule is CC1=C(CC(=O)N[C@@H](C)c2ccc(F)cc2F)C(=O)N[C]2C=CN[C](F)C21. The fraction of sp³-hybridized carbons (Fsp3) is 0.263. The van der Waals surface area contributed by atoms with Crippen LogP contribution in [0.3, 0.4) is 0 Å².